The molecule has 0 unspecified atom stereocenters. The zero-order valence-electron chi connectivity index (χ0n) is 19.3. The highest BCUT2D eigenvalue weighted by molar-refractivity contribution is 6.16. The van der Waals surface area contributed by atoms with Crippen molar-refractivity contribution >= 4 is 23.0 Å². The maximum absolute atomic E-state index is 10.5. The van der Waals surface area contributed by atoms with Crippen LogP contribution in [0, 0.1) is 12.8 Å². The zero-order valence-corrected chi connectivity index (χ0v) is 19.3. The van der Waals surface area contributed by atoms with E-state index >= 15 is 0 Å². The van der Waals surface area contributed by atoms with E-state index in [4.69, 9.17) is 9.72 Å². The van der Waals surface area contributed by atoms with E-state index in [0.717, 1.165) is 57.3 Å². The summed E-state index contributed by atoms with van der Waals surface area (Å²) in [5, 5.41) is 21.2. The van der Waals surface area contributed by atoms with Gasteiger partial charge in [-0.2, -0.15) is 5.10 Å². The van der Waals surface area contributed by atoms with E-state index in [1.54, 1.807) is 12.4 Å². The minimum atomic E-state index is -0.456. The normalized spacial score (nSPS) is 23.7. The highest BCUT2D eigenvalue weighted by Crippen LogP contribution is 2.50. The van der Waals surface area contributed by atoms with Gasteiger partial charge in [-0.25, -0.2) is 4.98 Å². The SMILES string of the molecule is Cc1cc2ccccc2nc1-c1ccc(COC2=NN=CC2=C2C=CN(O)[C@@]2(C)C2CC2)cc1. The molecule has 1 saturated carbocycles. The minimum absolute atomic E-state index is 0.385. The molecule has 1 aliphatic carbocycles. The summed E-state index contributed by atoms with van der Waals surface area (Å²) < 4.78 is 6.09. The highest BCUT2D eigenvalue weighted by atomic mass is 16.5. The summed E-state index contributed by atoms with van der Waals surface area (Å²) in [4.78, 5) is 4.87. The van der Waals surface area contributed by atoms with Gasteiger partial charge in [0, 0.05) is 17.1 Å². The van der Waals surface area contributed by atoms with E-state index in [-0.39, 0.29) is 0 Å². The molecule has 2 aromatic carbocycles. The third-order valence-corrected chi connectivity index (χ3v) is 7.15. The first-order valence-corrected chi connectivity index (χ1v) is 11.6. The smallest absolute Gasteiger partial charge is 0.243 e. The van der Waals surface area contributed by atoms with Crippen molar-refractivity contribution in [3.05, 3.63) is 89.1 Å². The molecule has 2 aliphatic heterocycles. The van der Waals surface area contributed by atoms with Gasteiger partial charge in [0.1, 0.15) is 6.61 Å². The van der Waals surface area contributed by atoms with E-state index in [9.17, 15) is 5.21 Å². The number of aromatic nitrogens is 1. The van der Waals surface area contributed by atoms with Crippen LogP contribution in [0.2, 0.25) is 0 Å². The van der Waals surface area contributed by atoms with E-state index < -0.39 is 5.54 Å². The molecule has 6 heteroatoms. The lowest BCUT2D eigenvalue weighted by Crippen LogP contribution is -2.42. The average Bonchev–Trinajstić information content (AvgIpc) is 3.55. The van der Waals surface area contributed by atoms with Crippen molar-refractivity contribution in [2.45, 2.75) is 38.8 Å². The fourth-order valence-corrected chi connectivity index (χ4v) is 4.97. The number of pyridine rings is 1. The van der Waals surface area contributed by atoms with Gasteiger partial charge in [0.15, 0.2) is 0 Å². The number of benzene rings is 2. The van der Waals surface area contributed by atoms with Crippen molar-refractivity contribution in [2.24, 2.45) is 16.1 Å². The number of hydroxylamine groups is 2. The summed E-state index contributed by atoms with van der Waals surface area (Å²) in [6, 6.07) is 18.7. The zero-order chi connectivity index (χ0) is 23.3. The van der Waals surface area contributed by atoms with Gasteiger partial charge >= 0.3 is 0 Å². The number of hydrogen-bond acceptors (Lipinski definition) is 6. The fraction of sp³-hybridized carbons (Fsp3) is 0.250. The molecule has 0 spiro atoms. The van der Waals surface area contributed by atoms with Crippen LogP contribution in [0.1, 0.15) is 30.9 Å². The Morgan fingerprint density at radius 3 is 2.71 bits per heavy atom. The third kappa shape index (κ3) is 3.42. The summed E-state index contributed by atoms with van der Waals surface area (Å²) >= 11 is 0. The molecule has 0 saturated heterocycles. The molecule has 1 atom stereocenters. The number of rotatable bonds is 4. The van der Waals surface area contributed by atoms with Gasteiger partial charge in [0.25, 0.3) is 0 Å². The number of fused-ring (bicyclic) bond motifs is 1. The standard InChI is InChI=1S/C28H26N4O2/c1-18-15-21-5-3-4-6-25(21)30-26(18)20-9-7-19(8-10-20)17-34-27-23(16-29-31-27)24-13-14-32(33)28(24,2)22-11-12-22/h3-10,13-16,22,33H,11-12,17H2,1-2H3/t28-/m0/s1. The molecular formula is C28H26N4O2. The average molecular weight is 451 g/mol. The Kier molecular flexibility index (Phi) is 4.85. The minimum Gasteiger partial charge on any atom is -0.471 e. The predicted molar refractivity (Wildman–Crippen MR) is 134 cm³/mol. The molecule has 1 aromatic heterocycles. The van der Waals surface area contributed by atoms with Crippen LogP contribution in [0.15, 0.2) is 88.2 Å². The maximum Gasteiger partial charge on any atom is 0.243 e. The monoisotopic (exact) mass is 450 g/mol. The first-order chi connectivity index (χ1) is 16.5. The van der Waals surface area contributed by atoms with Crippen LogP contribution >= 0.6 is 0 Å². The van der Waals surface area contributed by atoms with Crippen molar-refractivity contribution in [2.75, 3.05) is 0 Å². The summed E-state index contributed by atoms with van der Waals surface area (Å²) in [5.41, 5.74) is 6.65. The lowest BCUT2D eigenvalue weighted by Gasteiger charge is -2.33. The van der Waals surface area contributed by atoms with Crippen molar-refractivity contribution in [1.82, 2.24) is 10.0 Å². The van der Waals surface area contributed by atoms with Crippen molar-refractivity contribution in [1.29, 1.82) is 0 Å². The Balaban J connectivity index is 1.20. The molecule has 3 heterocycles. The van der Waals surface area contributed by atoms with Crippen LogP contribution in [0.5, 0.6) is 0 Å². The lowest BCUT2D eigenvalue weighted by atomic mass is 9.85. The molecule has 3 aliphatic rings. The summed E-state index contributed by atoms with van der Waals surface area (Å²) in [5.74, 6) is 0.919. The molecule has 1 N–H and O–H groups in total. The molecule has 0 amide bonds. The number of para-hydroxylation sites is 1. The Morgan fingerprint density at radius 2 is 1.91 bits per heavy atom. The second kappa shape index (κ2) is 7.92. The van der Waals surface area contributed by atoms with Crippen molar-refractivity contribution < 1.29 is 9.94 Å². The van der Waals surface area contributed by atoms with Crippen LogP contribution in [0.4, 0.5) is 0 Å². The van der Waals surface area contributed by atoms with Crippen LogP contribution in [0.3, 0.4) is 0 Å². The first-order valence-electron chi connectivity index (χ1n) is 11.6. The molecule has 34 heavy (non-hydrogen) atoms. The fourth-order valence-electron chi connectivity index (χ4n) is 4.97. The lowest BCUT2D eigenvalue weighted by molar-refractivity contribution is -0.108. The second-order valence-corrected chi connectivity index (χ2v) is 9.39. The van der Waals surface area contributed by atoms with Crippen LogP contribution in [0.25, 0.3) is 22.2 Å². The van der Waals surface area contributed by atoms with Crippen LogP contribution in [-0.4, -0.2) is 32.9 Å². The Labute approximate surface area is 198 Å². The van der Waals surface area contributed by atoms with Gasteiger partial charge in [-0.3, -0.25) is 10.3 Å². The predicted octanol–water partition coefficient (Wildman–Crippen LogP) is 5.81. The van der Waals surface area contributed by atoms with Crippen LogP contribution in [-0.2, 0) is 11.3 Å². The highest BCUT2D eigenvalue weighted by Gasteiger charge is 2.50. The molecule has 1 fully saturated rings. The topological polar surface area (TPSA) is 70.3 Å². The molecule has 170 valence electrons. The van der Waals surface area contributed by atoms with Gasteiger partial charge in [0.2, 0.25) is 5.90 Å². The van der Waals surface area contributed by atoms with Gasteiger partial charge in [-0.15, -0.1) is 5.10 Å². The quantitative estimate of drug-likeness (QED) is 0.545. The molecule has 3 aromatic rings. The van der Waals surface area contributed by atoms with E-state index in [1.807, 2.05) is 24.3 Å². The van der Waals surface area contributed by atoms with Gasteiger partial charge < -0.3 is 4.74 Å². The Morgan fingerprint density at radius 1 is 1.12 bits per heavy atom. The number of nitrogens with zero attached hydrogens (tertiary/aromatic N) is 4. The summed E-state index contributed by atoms with van der Waals surface area (Å²) in [7, 11) is 0. The van der Waals surface area contributed by atoms with E-state index in [2.05, 4.69) is 60.4 Å². The van der Waals surface area contributed by atoms with Gasteiger partial charge in [-0.1, -0.05) is 42.5 Å². The van der Waals surface area contributed by atoms with E-state index in [1.165, 1.54) is 5.06 Å². The number of ether oxygens (including phenoxy) is 1. The second-order valence-electron chi connectivity index (χ2n) is 9.39. The third-order valence-electron chi connectivity index (χ3n) is 7.15. The van der Waals surface area contributed by atoms with Crippen LogP contribution < -0.4 is 0 Å². The van der Waals surface area contributed by atoms with Crippen molar-refractivity contribution in [3.8, 4) is 11.3 Å². The van der Waals surface area contributed by atoms with Gasteiger partial charge in [0.05, 0.1) is 28.5 Å². The summed E-state index contributed by atoms with van der Waals surface area (Å²) in [6.45, 7) is 4.55. The van der Waals surface area contributed by atoms with E-state index in [0.29, 0.717) is 18.4 Å². The molecule has 0 bridgehead atoms. The maximum atomic E-state index is 10.5. The number of hydrogen-bond donors (Lipinski definition) is 1. The Bertz CT molecular complexity index is 1400. The summed E-state index contributed by atoms with van der Waals surface area (Å²) in [6.07, 6.45) is 7.60. The molecule has 6 nitrogen and oxygen atoms in total. The molecular weight excluding hydrogens is 424 g/mol. The van der Waals surface area contributed by atoms with Crippen molar-refractivity contribution in [3.63, 3.8) is 0 Å². The first kappa shape index (κ1) is 20.8. The van der Waals surface area contributed by atoms with Gasteiger partial charge in [-0.05, 0) is 67.5 Å². The molecule has 6 rings (SSSR count). The molecule has 0 radical (unpaired) electrons. The largest absolute Gasteiger partial charge is 0.471 e. The number of aryl methyl sites for hydroxylation is 1. The Hall–Kier alpha value is -3.77.